The Bertz CT molecular complexity index is 513. The van der Waals surface area contributed by atoms with E-state index in [1.54, 1.807) is 6.92 Å². The second-order valence-electron chi connectivity index (χ2n) is 3.59. The van der Waals surface area contributed by atoms with Crippen LogP contribution in [0.25, 0.3) is 0 Å². The first-order valence-corrected chi connectivity index (χ1v) is 6.47. The molecule has 0 bridgehead atoms. The lowest BCUT2D eigenvalue weighted by atomic mass is 9.77. The number of benzene rings is 1. The number of hydrogen-bond donors (Lipinski definition) is 1. The molecule has 0 atom stereocenters. The van der Waals surface area contributed by atoms with Crippen LogP contribution in [0.3, 0.4) is 0 Å². The molecule has 0 saturated heterocycles. The van der Waals surface area contributed by atoms with Crippen LogP contribution in [0.1, 0.15) is 12.5 Å². The maximum absolute atomic E-state index is 12.5. The van der Waals surface area contributed by atoms with Crippen molar-refractivity contribution in [1.29, 1.82) is 0 Å². The molecular weight excluding hydrogens is 254 g/mol. The van der Waals surface area contributed by atoms with E-state index in [1.165, 1.54) is 6.92 Å². The second kappa shape index (κ2) is 4.69. The molecule has 0 fully saturated rings. The molecule has 0 aromatic heterocycles. The van der Waals surface area contributed by atoms with E-state index < -0.39 is 22.5 Å². The molecule has 3 nitrogen and oxygen atoms in total. The van der Waals surface area contributed by atoms with Gasteiger partial charge in [0.25, 0.3) is 0 Å². The van der Waals surface area contributed by atoms with E-state index in [-0.39, 0.29) is 17.0 Å². The summed E-state index contributed by atoms with van der Waals surface area (Å²) in [4.78, 5) is -0.152. The summed E-state index contributed by atoms with van der Waals surface area (Å²) in [5.74, 6) is 0. The Balaban J connectivity index is 3.23. The Morgan fingerprint density at radius 2 is 1.88 bits per heavy atom. The number of hydrogen-bond acceptors (Lipinski definition) is 2. The topological polar surface area (TPSA) is 46.2 Å². The molecule has 96 valence electrons. The van der Waals surface area contributed by atoms with Gasteiger partial charge in [-0.1, -0.05) is 18.6 Å². The third kappa shape index (κ3) is 3.23. The first kappa shape index (κ1) is 14.0. The normalized spacial score (nSPS) is 12.8. The Morgan fingerprint density at radius 3 is 2.29 bits per heavy atom. The van der Waals surface area contributed by atoms with Gasteiger partial charge in [-0.2, -0.15) is 0 Å². The van der Waals surface area contributed by atoms with Gasteiger partial charge in [-0.3, -0.25) is 0 Å². The minimum Gasteiger partial charge on any atom is -0.445 e. The summed E-state index contributed by atoms with van der Waals surface area (Å²) in [5, 5.41) is 0. The summed E-state index contributed by atoms with van der Waals surface area (Å²) in [6.07, 6.45) is 0. The monoisotopic (exact) mass is 266 g/mol. The maximum atomic E-state index is 12.5. The van der Waals surface area contributed by atoms with Crippen molar-refractivity contribution in [3.05, 3.63) is 23.8 Å². The Kier molecular flexibility index (Phi) is 3.88. The van der Waals surface area contributed by atoms with E-state index in [9.17, 15) is 21.4 Å². The van der Waals surface area contributed by atoms with Crippen molar-refractivity contribution in [2.24, 2.45) is 0 Å². The molecule has 0 aliphatic heterocycles. The molecule has 1 N–H and O–H groups in total. The smallest absolute Gasteiger partial charge is 0.445 e. The molecule has 8 heteroatoms. The third-order valence-electron chi connectivity index (χ3n) is 2.24. The zero-order valence-corrected chi connectivity index (χ0v) is 10.2. The van der Waals surface area contributed by atoms with Gasteiger partial charge in [0.15, 0.2) is 0 Å². The van der Waals surface area contributed by atoms with Gasteiger partial charge in [0, 0.05) is 6.54 Å². The molecule has 0 radical (unpaired) electrons. The van der Waals surface area contributed by atoms with Gasteiger partial charge >= 0.3 is 6.98 Å². The highest BCUT2D eigenvalue weighted by Gasteiger charge is 2.28. The first-order chi connectivity index (χ1) is 7.68. The molecule has 0 unspecified atom stereocenters. The van der Waals surface area contributed by atoms with Crippen molar-refractivity contribution in [2.45, 2.75) is 18.7 Å². The molecule has 0 amide bonds. The lowest BCUT2D eigenvalue weighted by molar-refractivity contribution is 0.500. The van der Waals surface area contributed by atoms with Crippen LogP contribution in [0.2, 0.25) is 0 Å². The van der Waals surface area contributed by atoms with E-state index in [4.69, 9.17) is 0 Å². The van der Waals surface area contributed by atoms with Crippen LogP contribution >= 0.6 is 0 Å². The average molecular weight is 266 g/mol. The molecule has 0 aliphatic carbocycles. The quantitative estimate of drug-likeness (QED) is 0.836. The number of halogens is 3. The van der Waals surface area contributed by atoms with Crippen LogP contribution in [0.15, 0.2) is 23.1 Å². The van der Waals surface area contributed by atoms with Crippen LogP contribution in [0, 0.1) is 6.92 Å². The average Bonchev–Trinajstić information content (AvgIpc) is 2.15. The molecule has 0 saturated carbocycles. The fraction of sp³-hybridized carbons (Fsp3) is 0.333. The number of rotatable bonds is 4. The fourth-order valence-electron chi connectivity index (χ4n) is 1.46. The van der Waals surface area contributed by atoms with Crippen LogP contribution in [-0.4, -0.2) is 21.9 Å². The van der Waals surface area contributed by atoms with Crippen molar-refractivity contribution in [1.82, 2.24) is 4.72 Å². The molecule has 17 heavy (non-hydrogen) atoms. The lowest BCUT2D eigenvalue weighted by Crippen LogP contribution is -2.36. The van der Waals surface area contributed by atoms with Crippen LogP contribution in [-0.2, 0) is 10.0 Å². The Labute approximate surface area is 98.1 Å². The van der Waals surface area contributed by atoms with Gasteiger partial charge in [0.1, 0.15) is 0 Å². The minimum atomic E-state index is -5.11. The van der Waals surface area contributed by atoms with Crippen molar-refractivity contribution in [3.63, 3.8) is 0 Å². The Morgan fingerprint density at radius 1 is 1.29 bits per heavy atom. The standard InChI is InChI=1S/C9H12BF3NO2S/c1-3-14-17(15,16)8-4-5-9(7(2)6-8)10(11,12)13/h4-6,14H,3H2,1-2H3/q-1. The van der Waals surface area contributed by atoms with Crippen LogP contribution in [0.4, 0.5) is 12.9 Å². The summed E-state index contributed by atoms with van der Waals surface area (Å²) in [7, 11) is -3.71. The Hall–Kier alpha value is -1.02. The van der Waals surface area contributed by atoms with Crippen LogP contribution < -0.4 is 10.2 Å². The van der Waals surface area contributed by atoms with E-state index in [0.29, 0.717) is 0 Å². The highest BCUT2D eigenvalue weighted by molar-refractivity contribution is 7.89. The van der Waals surface area contributed by atoms with Gasteiger partial charge < -0.3 is 12.9 Å². The van der Waals surface area contributed by atoms with E-state index >= 15 is 0 Å². The van der Waals surface area contributed by atoms with E-state index in [1.807, 2.05) is 0 Å². The maximum Gasteiger partial charge on any atom is 0.509 e. The van der Waals surface area contributed by atoms with Gasteiger partial charge in [0.05, 0.1) is 4.90 Å². The minimum absolute atomic E-state index is 0.0866. The van der Waals surface area contributed by atoms with Crippen molar-refractivity contribution < 1.29 is 21.4 Å². The third-order valence-corrected chi connectivity index (χ3v) is 3.78. The fourth-order valence-corrected chi connectivity index (χ4v) is 2.58. The largest absolute Gasteiger partial charge is 0.509 e. The molecular formula is C9H12BF3NO2S-. The predicted molar refractivity (Wildman–Crippen MR) is 60.8 cm³/mol. The number of aryl methyl sites for hydroxylation is 1. The zero-order valence-electron chi connectivity index (χ0n) is 9.38. The molecule has 0 spiro atoms. The molecule has 0 aliphatic rings. The van der Waals surface area contributed by atoms with E-state index in [2.05, 4.69) is 4.72 Å². The SMILES string of the molecule is CCNS(=O)(=O)c1ccc([B-](F)(F)F)c(C)c1. The first-order valence-electron chi connectivity index (χ1n) is 4.98. The van der Waals surface area contributed by atoms with Crippen molar-refractivity contribution in [3.8, 4) is 0 Å². The summed E-state index contributed by atoms with van der Waals surface area (Å²) < 4.78 is 62.9. The summed E-state index contributed by atoms with van der Waals surface area (Å²) in [6.45, 7) is -2.08. The highest BCUT2D eigenvalue weighted by Crippen LogP contribution is 2.15. The van der Waals surface area contributed by atoms with Gasteiger partial charge in [-0.25, -0.2) is 13.1 Å². The number of sulfonamides is 1. The summed E-state index contributed by atoms with van der Waals surface area (Å²) >= 11 is 0. The molecule has 1 aromatic rings. The molecule has 1 rings (SSSR count). The second-order valence-corrected chi connectivity index (χ2v) is 5.36. The van der Waals surface area contributed by atoms with Gasteiger partial charge in [0.2, 0.25) is 10.0 Å². The van der Waals surface area contributed by atoms with Crippen LogP contribution in [0.5, 0.6) is 0 Å². The number of nitrogens with one attached hydrogen (secondary N) is 1. The molecule has 0 heterocycles. The van der Waals surface area contributed by atoms with Gasteiger partial charge in [-0.15, -0.1) is 5.46 Å². The van der Waals surface area contributed by atoms with Gasteiger partial charge in [-0.05, 0) is 19.1 Å². The summed E-state index contributed by atoms with van der Waals surface area (Å²) in [6, 6.07) is 2.80. The van der Waals surface area contributed by atoms with Crippen molar-refractivity contribution >= 4 is 22.5 Å². The zero-order chi connectivity index (χ0) is 13.3. The predicted octanol–water partition coefficient (Wildman–Crippen LogP) is 1.35. The summed E-state index contributed by atoms with van der Waals surface area (Å²) in [5.41, 5.74) is -0.850. The highest BCUT2D eigenvalue weighted by atomic mass is 32.2. The molecule has 1 aromatic carbocycles. The lowest BCUT2D eigenvalue weighted by Gasteiger charge is -2.18. The van der Waals surface area contributed by atoms with Crippen molar-refractivity contribution in [2.75, 3.05) is 6.54 Å². The van der Waals surface area contributed by atoms with E-state index in [0.717, 1.165) is 18.2 Å².